The molecule has 2 N–H and O–H groups in total. The Labute approximate surface area is 128 Å². The summed E-state index contributed by atoms with van der Waals surface area (Å²) in [6, 6.07) is 0. The van der Waals surface area contributed by atoms with Crippen LogP contribution < -0.4 is 9.44 Å². The highest BCUT2D eigenvalue weighted by atomic mass is 35.5. The lowest BCUT2D eigenvalue weighted by atomic mass is 10.4. The van der Waals surface area contributed by atoms with Crippen LogP contribution in [0.2, 0.25) is 5.28 Å². The van der Waals surface area contributed by atoms with Crippen molar-refractivity contribution in [2.45, 2.75) is 51.0 Å². The highest BCUT2D eigenvalue weighted by Crippen LogP contribution is 2.35. The Balaban J connectivity index is 2.93. The topological polar surface area (TPSA) is 67.9 Å². The average molecular weight is 322 g/mol. The van der Waals surface area contributed by atoms with E-state index in [4.69, 9.17) is 17.3 Å². The van der Waals surface area contributed by atoms with E-state index in [1.54, 1.807) is 23.9 Å². The SMILES string of the molecule is CCC(C)SN(SC(C)CC)c1nc(N)nc(Cl)n1. The molecule has 1 aromatic rings. The molecule has 0 spiro atoms. The van der Waals surface area contributed by atoms with Crippen LogP contribution in [0.15, 0.2) is 0 Å². The highest BCUT2D eigenvalue weighted by molar-refractivity contribution is 8.18. The molecular formula is C11H20ClN5S2. The molecule has 0 aliphatic heterocycles. The van der Waals surface area contributed by atoms with E-state index in [-0.39, 0.29) is 11.2 Å². The fraction of sp³-hybridized carbons (Fsp3) is 0.727. The molecular weight excluding hydrogens is 302 g/mol. The zero-order valence-electron chi connectivity index (χ0n) is 11.6. The van der Waals surface area contributed by atoms with Gasteiger partial charge in [-0.05, 0) is 48.3 Å². The first-order chi connectivity index (χ1) is 8.96. The van der Waals surface area contributed by atoms with Gasteiger partial charge in [-0.2, -0.15) is 15.0 Å². The summed E-state index contributed by atoms with van der Waals surface area (Å²) in [6.07, 6.45) is 2.13. The minimum absolute atomic E-state index is 0.127. The Morgan fingerprint density at radius 1 is 1.11 bits per heavy atom. The third kappa shape index (κ3) is 5.62. The van der Waals surface area contributed by atoms with E-state index in [9.17, 15) is 0 Å². The van der Waals surface area contributed by atoms with Crippen molar-refractivity contribution in [2.75, 3.05) is 9.44 Å². The van der Waals surface area contributed by atoms with E-state index in [1.165, 1.54) is 0 Å². The molecule has 0 fully saturated rings. The average Bonchev–Trinajstić information content (AvgIpc) is 2.36. The van der Waals surface area contributed by atoms with E-state index >= 15 is 0 Å². The van der Waals surface area contributed by atoms with E-state index in [2.05, 4.69) is 42.6 Å². The van der Waals surface area contributed by atoms with Crippen LogP contribution in [0.4, 0.5) is 11.9 Å². The Hall–Kier alpha value is -0.400. The van der Waals surface area contributed by atoms with Crippen molar-refractivity contribution >= 4 is 47.4 Å². The molecule has 0 aromatic carbocycles. The number of halogens is 1. The number of rotatable bonds is 7. The van der Waals surface area contributed by atoms with Crippen molar-refractivity contribution in [2.24, 2.45) is 0 Å². The first-order valence-electron chi connectivity index (χ1n) is 6.26. The summed E-state index contributed by atoms with van der Waals surface area (Å²) >= 11 is 9.22. The number of nitrogens with zero attached hydrogens (tertiary/aromatic N) is 4. The Morgan fingerprint density at radius 3 is 2.05 bits per heavy atom. The van der Waals surface area contributed by atoms with E-state index in [0.29, 0.717) is 16.4 Å². The minimum Gasteiger partial charge on any atom is -0.368 e. The summed E-state index contributed by atoms with van der Waals surface area (Å²) in [5, 5.41) is 1.06. The van der Waals surface area contributed by atoms with Gasteiger partial charge in [-0.1, -0.05) is 27.7 Å². The summed E-state index contributed by atoms with van der Waals surface area (Å²) in [7, 11) is 0. The van der Waals surface area contributed by atoms with Gasteiger partial charge in [0.15, 0.2) is 0 Å². The maximum atomic E-state index is 5.85. The van der Waals surface area contributed by atoms with Gasteiger partial charge in [0.25, 0.3) is 5.95 Å². The zero-order chi connectivity index (χ0) is 14.4. The highest BCUT2D eigenvalue weighted by Gasteiger charge is 2.19. The molecule has 0 saturated heterocycles. The number of hydrogen-bond acceptors (Lipinski definition) is 7. The van der Waals surface area contributed by atoms with Crippen molar-refractivity contribution in [1.29, 1.82) is 0 Å². The quantitative estimate of drug-likeness (QED) is 0.766. The summed E-state index contributed by atoms with van der Waals surface area (Å²) in [5.74, 6) is 0.655. The first-order valence-corrected chi connectivity index (χ1v) is 8.32. The smallest absolute Gasteiger partial charge is 0.252 e. The molecule has 0 bridgehead atoms. The second-order valence-electron chi connectivity index (χ2n) is 4.17. The van der Waals surface area contributed by atoms with Crippen LogP contribution in [0.1, 0.15) is 40.5 Å². The lowest BCUT2D eigenvalue weighted by Gasteiger charge is -2.25. The Bertz CT molecular complexity index is 374. The van der Waals surface area contributed by atoms with Gasteiger partial charge in [-0.15, -0.1) is 0 Å². The van der Waals surface area contributed by atoms with Crippen LogP contribution in [0.5, 0.6) is 0 Å². The van der Waals surface area contributed by atoms with Crippen LogP contribution in [-0.4, -0.2) is 25.5 Å². The fourth-order valence-corrected chi connectivity index (χ4v) is 3.58. The second-order valence-corrected chi connectivity index (χ2v) is 7.50. The Morgan fingerprint density at radius 2 is 1.63 bits per heavy atom. The molecule has 5 nitrogen and oxygen atoms in total. The Kier molecular flexibility index (Phi) is 7.02. The molecule has 8 heteroatoms. The van der Waals surface area contributed by atoms with Gasteiger partial charge in [-0.3, -0.25) is 0 Å². The predicted octanol–water partition coefficient (Wildman–Crippen LogP) is 3.81. The van der Waals surface area contributed by atoms with E-state index in [0.717, 1.165) is 12.8 Å². The second kappa shape index (κ2) is 8.01. The molecule has 2 unspecified atom stereocenters. The fourth-order valence-electron chi connectivity index (χ4n) is 1.03. The third-order valence-corrected chi connectivity index (χ3v) is 5.26. The standard InChI is InChI=1S/C11H20ClN5S2/c1-5-7(3)18-17(19-8(4)6-2)11-15-9(12)14-10(13)16-11/h7-8H,5-6H2,1-4H3,(H2,13,14,15,16). The maximum Gasteiger partial charge on any atom is 0.252 e. The van der Waals surface area contributed by atoms with Gasteiger partial charge in [0.2, 0.25) is 11.2 Å². The molecule has 0 aliphatic carbocycles. The number of nitrogen functional groups attached to an aromatic ring is 1. The van der Waals surface area contributed by atoms with E-state index < -0.39 is 0 Å². The maximum absolute atomic E-state index is 5.85. The first kappa shape index (κ1) is 16.7. The van der Waals surface area contributed by atoms with Crippen molar-refractivity contribution in [3.05, 3.63) is 5.28 Å². The van der Waals surface area contributed by atoms with Gasteiger partial charge >= 0.3 is 0 Å². The molecule has 19 heavy (non-hydrogen) atoms. The number of hydrogen-bond donors (Lipinski definition) is 1. The molecule has 1 aromatic heterocycles. The van der Waals surface area contributed by atoms with Gasteiger partial charge < -0.3 is 5.73 Å². The lowest BCUT2D eigenvalue weighted by Crippen LogP contribution is -2.17. The summed E-state index contributed by atoms with van der Waals surface area (Å²) in [4.78, 5) is 12.1. The van der Waals surface area contributed by atoms with Crippen LogP contribution in [-0.2, 0) is 0 Å². The summed E-state index contributed by atoms with van der Waals surface area (Å²) in [5.41, 5.74) is 5.63. The monoisotopic (exact) mass is 321 g/mol. The minimum atomic E-state index is 0.127. The van der Waals surface area contributed by atoms with Crippen molar-refractivity contribution in [3.63, 3.8) is 0 Å². The largest absolute Gasteiger partial charge is 0.368 e. The predicted molar refractivity (Wildman–Crippen MR) is 86.4 cm³/mol. The number of anilines is 2. The molecule has 108 valence electrons. The third-order valence-electron chi connectivity index (χ3n) is 2.48. The molecule has 0 amide bonds. The van der Waals surface area contributed by atoms with Crippen LogP contribution in [0, 0.1) is 0 Å². The summed E-state index contributed by atoms with van der Waals surface area (Å²) < 4.78 is 1.99. The number of aromatic nitrogens is 3. The zero-order valence-corrected chi connectivity index (χ0v) is 14.0. The van der Waals surface area contributed by atoms with Gasteiger partial charge in [0.05, 0.1) is 0 Å². The van der Waals surface area contributed by atoms with Crippen molar-refractivity contribution < 1.29 is 0 Å². The molecule has 0 saturated carbocycles. The molecule has 0 aliphatic rings. The van der Waals surface area contributed by atoms with Gasteiger partial charge in [0, 0.05) is 10.5 Å². The van der Waals surface area contributed by atoms with E-state index in [1.807, 2.05) is 3.71 Å². The van der Waals surface area contributed by atoms with Crippen LogP contribution in [0.3, 0.4) is 0 Å². The van der Waals surface area contributed by atoms with Crippen LogP contribution in [0.25, 0.3) is 0 Å². The van der Waals surface area contributed by atoms with Crippen LogP contribution >= 0.6 is 35.5 Å². The van der Waals surface area contributed by atoms with Crippen molar-refractivity contribution in [1.82, 2.24) is 15.0 Å². The summed E-state index contributed by atoms with van der Waals surface area (Å²) in [6.45, 7) is 8.64. The van der Waals surface area contributed by atoms with Gasteiger partial charge in [-0.25, -0.2) is 3.71 Å². The molecule has 1 heterocycles. The van der Waals surface area contributed by atoms with Crippen molar-refractivity contribution in [3.8, 4) is 0 Å². The molecule has 0 radical (unpaired) electrons. The normalized spacial score (nSPS) is 14.2. The van der Waals surface area contributed by atoms with Gasteiger partial charge in [0.1, 0.15) is 0 Å². The molecule has 1 rings (SSSR count). The lowest BCUT2D eigenvalue weighted by molar-refractivity contribution is 0.898. The number of nitrogens with two attached hydrogens (primary N) is 1. The molecule has 2 atom stereocenters.